The molecule has 1 N–H and O–H groups in total. The van der Waals surface area contributed by atoms with E-state index in [4.69, 9.17) is 0 Å². The van der Waals surface area contributed by atoms with Crippen LogP contribution in [-0.4, -0.2) is 23.3 Å². The van der Waals surface area contributed by atoms with Gasteiger partial charge in [0.1, 0.15) is 5.82 Å². The molecule has 0 atom stereocenters. The summed E-state index contributed by atoms with van der Waals surface area (Å²) in [7, 11) is 0. The van der Waals surface area contributed by atoms with E-state index in [1.165, 1.54) is 17.4 Å². The number of rotatable bonds is 5. The Labute approximate surface area is 166 Å². The topological polar surface area (TPSA) is 49.4 Å². The third kappa shape index (κ3) is 3.97. The molecule has 2 heterocycles. The zero-order valence-electron chi connectivity index (χ0n) is 15.2. The number of likely N-dealkylation sites (tertiary alicyclic amines) is 1. The van der Waals surface area contributed by atoms with Gasteiger partial charge in [-0.25, -0.2) is 4.39 Å². The van der Waals surface area contributed by atoms with E-state index in [0.29, 0.717) is 34.0 Å². The van der Waals surface area contributed by atoms with E-state index in [1.54, 1.807) is 30.3 Å². The lowest BCUT2D eigenvalue weighted by atomic mass is 10.2. The largest absolute Gasteiger partial charge is 0.338 e. The van der Waals surface area contributed by atoms with Crippen LogP contribution in [0.5, 0.6) is 0 Å². The normalized spacial score (nSPS) is 13.8. The number of nitrogens with one attached hydrogen (secondary N) is 1. The summed E-state index contributed by atoms with van der Waals surface area (Å²) >= 11 is 1.25. The average Bonchev–Trinajstić information content (AvgIpc) is 3.32. The molecule has 4 nitrogen and oxygen atoms in total. The van der Waals surface area contributed by atoms with Crippen LogP contribution in [0.4, 0.5) is 10.1 Å². The fraction of sp³-hybridized carbons (Fsp3) is 0.182. The number of hydrogen-bond acceptors (Lipinski definition) is 3. The van der Waals surface area contributed by atoms with Crippen molar-refractivity contribution in [2.24, 2.45) is 0 Å². The summed E-state index contributed by atoms with van der Waals surface area (Å²) in [5.41, 5.74) is 2.14. The maximum atomic E-state index is 13.9. The van der Waals surface area contributed by atoms with Gasteiger partial charge in [-0.3, -0.25) is 9.59 Å². The van der Waals surface area contributed by atoms with E-state index < -0.39 is 0 Å². The summed E-state index contributed by atoms with van der Waals surface area (Å²) in [6.45, 7) is 1.34. The molecule has 1 aliphatic heterocycles. The highest BCUT2D eigenvalue weighted by Gasteiger charge is 2.20. The van der Waals surface area contributed by atoms with E-state index >= 15 is 0 Å². The lowest BCUT2D eigenvalue weighted by Gasteiger charge is -2.16. The predicted octanol–water partition coefficient (Wildman–Crippen LogP) is 4.93. The summed E-state index contributed by atoms with van der Waals surface area (Å²) in [5.74, 6) is -0.365. The minimum Gasteiger partial charge on any atom is -0.338 e. The van der Waals surface area contributed by atoms with Gasteiger partial charge in [0.05, 0.1) is 4.88 Å². The molecule has 0 radical (unpaired) electrons. The van der Waals surface area contributed by atoms with Crippen molar-refractivity contribution in [3.05, 3.63) is 76.9 Å². The van der Waals surface area contributed by atoms with Crippen LogP contribution in [0.2, 0.25) is 0 Å². The quantitative estimate of drug-likeness (QED) is 0.667. The molecule has 4 rings (SSSR count). The molecular weight excluding hydrogens is 375 g/mol. The Morgan fingerprint density at radius 3 is 2.75 bits per heavy atom. The molecule has 142 valence electrons. The first-order chi connectivity index (χ1) is 13.6. The minimum atomic E-state index is -0.305. The monoisotopic (exact) mass is 394 g/mol. The lowest BCUT2D eigenvalue weighted by molar-refractivity contribution is -0.128. The molecule has 1 aliphatic rings. The van der Waals surface area contributed by atoms with Gasteiger partial charge in [-0.05, 0) is 42.3 Å². The Bertz CT molecular complexity index is 1030. The molecule has 0 saturated carbocycles. The molecule has 2 aromatic carbocycles. The van der Waals surface area contributed by atoms with Gasteiger partial charge in [0.2, 0.25) is 5.91 Å². The summed E-state index contributed by atoms with van der Waals surface area (Å²) in [6.07, 6.45) is 1.51. The van der Waals surface area contributed by atoms with Crippen LogP contribution < -0.4 is 5.32 Å². The van der Waals surface area contributed by atoms with Crippen LogP contribution in [0.3, 0.4) is 0 Å². The number of thiophene rings is 1. The highest BCUT2D eigenvalue weighted by Crippen LogP contribution is 2.30. The molecule has 1 fully saturated rings. The lowest BCUT2D eigenvalue weighted by Crippen LogP contribution is -2.23. The van der Waals surface area contributed by atoms with Gasteiger partial charge in [-0.1, -0.05) is 30.3 Å². The van der Waals surface area contributed by atoms with Gasteiger partial charge in [0, 0.05) is 35.6 Å². The van der Waals surface area contributed by atoms with Crippen molar-refractivity contribution in [2.45, 2.75) is 19.4 Å². The van der Waals surface area contributed by atoms with Crippen molar-refractivity contribution in [3.8, 4) is 10.4 Å². The highest BCUT2D eigenvalue weighted by molar-refractivity contribution is 7.17. The number of amides is 2. The third-order valence-electron chi connectivity index (χ3n) is 4.70. The fourth-order valence-electron chi connectivity index (χ4n) is 3.30. The molecule has 2 amide bonds. The Morgan fingerprint density at radius 1 is 1.11 bits per heavy atom. The van der Waals surface area contributed by atoms with Crippen molar-refractivity contribution < 1.29 is 14.0 Å². The van der Waals surface area contributed by atoms with Gasteiger partial charge >= 0.3 is 0 Å². The van der Waals surface area contributed by atoms with Crippen LogP contribution in [0.15, 0.2) is 60.7 Å². The molecule has 28 heavy (non-hydrogen) atoms. The molecule has 0 spiro atoms. The van der Waals surface area contributed by atoms with Crippen molar-refractivity contribution in [1.82, 2.24) is 4.90 Å². The molecule has 3 aromatic rings. The first kappa shape index (κ1) is 18.4. The van der Waals surface area contributed by atoms with E-state index in [0.717, 1.165) is 18.5 Å². The SMILES string of the molecule is O=C(Nc1cccc(CN2CCCC2=O)c1)c1ccc(-c2ccccc2F)s1. The van der Waals surface area contributed by atoms with E-state index in [1.807, 2.05) is 29.2 Å². The van der Waals surface area contributed by atoms with Gasteiger partial charge < -0.3 is 10.2 Å². The maximum Gasteiger partial charge on any atom is 0.265 e. The zero-order chi connectivity index (χ0) is 19.5. The number of halogens is 1. The van der Waals surface area contributed by atoms with Crippen molar-refractivity contribution >= 4 is 28.8 Å². The summed E-state index contributed by atoms with van der Waals surface area (Å²) < 4.78 is 13.9. The number of anilines is 1. The predicted molar refractivity (Wildman–Crippen MR) is 109 cm³/mol. The second kappa shape index (κ2) is 7.94. The standard InChI is InChI=1S/C22H19FN2O2S/c23-18-8-2-1-7-17(18)19-10-11-20(28-19)22(27)24-16-6-3-5-15(13-16)14-25-12-4-9-21(25)26/h1-3,5-8,10-11,13H,4,9,12,14H2,(H,24,27). The Morgan fingerprint density at radius 2 is 1.96 bits per heavy atom. The van der Waals surface area contributed by atoms with Gasteiger partial charge in [-0.15, -0.1) is 11.3 Å². The third-order valence-corrected chi connectivity index (χ3v) is 5.82. The summed E-state index contributed by atoms with van der Waals surface area (Å²) in [6, 6.07) is 17.5. The first-order valence-electron chi connectivity index (χ1n) is 9.13. The van der Waals surface area contributed by atoms with Crippen LogP contribution in [0.25, 0.3) is 10.4 Å². The van der Waals surface area contributed by atoms with E-state index in [9.17, 15) is 14.0 Å². The molecule has 0 bridgehead atoms. The second-order valence-electron chi connectivity index (χ2n) is 6.72. The zero-order valence-corrected chi connectivity index (χ0v) is 16.0. The number of carbonyl (C=O) groups is 2. The molecule has 1 saturated heterocycles. The smallest absolute Gasteiger partial charge is 0.265 e. The van der Waals surface area contributed by atoms with Crippen LogP contribution in [0, 0.1) is 5.82 Å². The second-order valence-corrected chi connectivity index (χ2v) is 7.80. The minimum absolute atomic E-state index is 0.175. The molecule has 1 aromatic heterocycles. The van der Waals surface area contributed by atoms with Crippen molar-refractivity contribution in [1.29, 1.82) is 0 Å². The van der Waals surface area contributed by atoms with E-state index in [2.05, 4.69) is 5.32 Å². The van der Waals surface area contributed by atoms with E-state index in [-0.39, 0.29) is 17.6 Å². The molecule has 0 unspecified atom stereocenters. The van der Waals surface area contributed by atoms with Crippen LogP contribution >= 0.6 is 11.3 Å². The average molecular weight is 394 g/mol. The Kier molecular flexibility index (Phi) is 5.21. The Hall–Kier alpha value is -2.99. The fourth-order valence-corrected chi connectivity index (χ4v) is 4.23. The van der Waals surface area contributed by atoms with Crippen LogP contribution in [-0.2, 0) is 11.3 Å². The van der Waals surface area contributed by atoms with Crippen molar-refractivity contribution in [2.75, 3.05) is 11.9 Å². The first-order valence-corrected chi connectivity index (χ1v) is 9.94. The summed E-state index contributed by atoms with van der Waals surface area (Å²) in [5, 5.41) is 2.89. The molecule has 6 heteroatoms. The number of hydrogen-bond donors (Lipinski definition) is 1. The van der Waals surface area contributed by atoms with Gasteiger partial charge in [0.15, 0.2) is 0 Å². The number of carbonyl (C=O) groups excluding carboxylic acids is 2. The molecule has 0 aliphatic carbocycles. The highest BCUT2D eigenvalue weighted by atomic mass is 32.1. The van der Waals surface area contributed by atoms with Gasteiger partial charge in [0.25, 0.3) is 5.91 Å². The number of nitrogens with zero attached hydrogens (tertiary/aromatic N) is 1. The van der Waals surface area contributed by atoms with Crippen molar-refractivity contribution in [3.63, 3.8) is 0 Å². The van der Waals surface area contributed by atoms with Crippen LogP contribution in [0.1, 0.15) is 28.1 Å². The number of benzene rings is 2. The van der Waals surface area contributed by atoms with Gasteiger partial charge in [-0.2, -0.15) is 0 Å². The molecular formula is C22H19FN2O2S. The summed E-state index contributed by atoms with van der Waals surface area (Å²) in [4.78, 5) is 27.5. The maximum absolute atomic E-state index is 13.9. The Balaban J connectivity index is 1.46.